The summed E-state index contributed by atoms with van der Waals surface area (Å²) in [6.45, 7) is 6.09. The molecule has 2 aromatic rings. The van der Waals surface area contributed by atoms with Crippen LogP contribution in [0.2, 0.25) is 0 Å². The molecule has 2 aromatic carbocycles. The Morgan fingerprint density at radius 3 is 2.00 bits per heavy atom. The third kappa shape index (κ3) is 2.35. The van der Waals surface area contributed by atoms with Gasteiger partial charge in [-0.1, -0.05) is 49.4 Å². The summed E-state index contributed by atoms with van der Waals surface area (Å²) < 4.78 is 0. The predicted octanol–water partition coefficient (Wildman–Crippen LogP) is 4.10. The van der Waals surface area contributed by atoms with Crippen LogP contribution < -0.4 is 0 Å². The van der Waals surface area contributed by atoms with Gasteiger partial charge in [-0.2, -0.15) is 0 Å². The second-order valence-corrected chi connectivity index (χ2v) is 4.65. The van der Waals surface area contributed by atoms with E-state index in [1.54, 1.807) is 0 Å². The van der Waals surface area contributed by atoms with Gasteiger partial charge in [0, 0.05) is 11.1 Å². The molecule has 0 aliphatic carbocycles. The third-order valence-electron chi connectivity index (χ3n) is 3.33. The van der Waals surface area contributed by atoms with Gasteiger partial charge in [0.25, 0.3) is 0 Å². The van der Waals surface area contributed by atoms with E-state index >= 15 is 0 Å². The lowest BCUT2D eigenvalue weighted by Gasteiger charge is -2.09. The fourth-order valence-corrected chi connectivity index (χ4v) is 2.21. The summed E-state index contributed by atoms with van der Waals surface area (Å²) in [6.07, 6.45) is 0.998. The number of benzene rings is 2. The first-order valence-corrected chi connectivity index (χ1v) is 6.33. The zero-order chi connectivity index (χ0) is 13.1. The minimum Gasteiger partial charge on any atom is -0.289 e. The standard InChI is InChI=1S/C17H18O/c1-4-14-8-10-15(11-9-14)17(18)16-12(2)6-5-7-13(16)3/h5-11H,4H2,1-3H3. The number of hydrogen-bond acceptors (Lipinski definition) is 1. The van der Waals surface area contributed by atoms with Crippen LogP contribution in [0.1, 0.15) is 39.5 Å². The van der Waals surface area contributed by atoms with E-state index < -0.39 is 0 Å². The number of rotatable bonds is 3. The first-order chi connectivity index (χ1) is 8.63. The van der Waals surface area contributed by atoms with Crippen molar-refractivity contribution < 1.29 is 4.79 Å². The van der Waals surface area contributed by atoms with Crippen LogP contribution in [0.3, 0.4) is 0 Å². The van der Waals surface area contributed by atoms with E-state index in [0.717, 1.165) is 28.7 Å². The molecule has 0 aromatic heterocycles. The Bertz CT molecular complexity index is 544. The first kappa shape index (κ1) is 12.6. The molecule has 0 atom stereocenters. The lowest BCUT2D eigenvalue weighted by molar-refractivity contribution is 0.103. The maximum Gasteiger partial charge on any atom is 0.193 e. The summed E-state index contributed by atoms with van der Waals surface area (Å²) in [5.41, 5.74) is 4.94. The van der Waals surface area contributed by atoms with Crippen LogP contribution in [-0.2, 0) is 6.42 Å². The van der Waals surface area contributed by atoms with Crippen LogP contribution in [0, 0.1) is 13.8 Å². The maximum atomic E-state index is 12.5. The van der Waals surface area contributed by atoms with Crippen LogP contribution in [0.4, 0.5) is 0 Å². The van der Waals surface area contributed by atoms with Gasteiger partial charge < -0.3 is 0 Å². The summed E-state index contributed by atoms with van der Waals surface area (Å²) >= 11 is 0. The fourth-order valence-electron chi connectivity index (χ4n) is 2.21. The Kier molecular flexibility index (Phi) is 3.61. The topological polar surface area (TPSA) is 17.1 Å². The lowest BCUT2D eigenvalue weighted by Crippen LogP contribution is -2.06. The minimum atomic E-state index is 0.119. The molecule has 1 nitrogen and oxygen atoms in total. The van der Waals surface area contributed by atoms with Crippen molar-refractivity contribution in [2.24, 2.45) is 0 Å². The molecule has 0 aliphatic heterocycles. The smallest absolute Gasteiger partial charge is 0.193 e. The average Bonchev–Trinajstić information content (AvgIpc) is 2.38. The SMILES string of the molecule is CCc1ccc(C(=O)c2c(C)cccc2C)cc1. The van der Waals surface area contributed by atoms with E-state index in [0.29, 0.717) is 0 Å². The highest BCUT2D eigenvalue weighted by Crippen LogP contribution is 2.18. The summed E-state index contributed by atoms with van der Waals surface area (Å²) in [5, 5.41) is 0. The molecule has 0 aliphatic rings. The van der Waals surface area contributed by atoms with Gasteiger partial charge in [0.1, 0.15) is 0 Å². The van der Waals surface area contributed by atoms with Crippen LogP contribution in [0.5, 0.6) is 0 Å². The minimum absolute atomic E-state index is 0.119. The third-order valence-corrected chi connectivity index (χ3v) is 3.33. The Labute approximate surface area is 108 Å². The van der Waals surface area contributed by atoms with Crippen molar-refractivity contribution in [1.29, 1.82) is 0 Å². The van der Waals surface area contributed by atoms with E-state index in [1.807, 2.05) is 56.3 Å². The molecule has 0 bridgehead atoms. The van der Waals surface area contributed by atoms with Crippen LogP contribution >= 0.6 is 0 Å². The normalized spacial score (nSPS) is 10.4. The molecule has 0 unspecified atom stereocenters. The highest BCUT2D eigenvalue weighted by atomic mass is 16.1. The molecule has 0 heterocycles. The summed E-state index contributed by atoms with van der Waals surface area (Å²) in [5.74, 6) is 0.119. The number of carbonyl (C=O) groups excluding carboxylic acids is 1. The van der Waals surface area contributed by atoms with E-state index in [-0.39, 0.29) is 5.78 Å². The van der Waals surface area contributed by atoms with Gasteiger partial charge in [0.15, 0.2) is 5.78 Å². The van der Waals surface area contributed by atoms with Gasteiger partial charge in [0.2, 0.25) is 0 Å². The molecule has 1 heteroatoms. The van der Waals surface area contributed by atoms with Crippen LogP contribution in [0.25, 0.3) is 0 Å². The second-order valence-electron chi connectivity index (χ2n) is 4.65. The average molecular weight is 238 g/mol. The van der Waals surface area contributed by atoms with E-state index in [1.165, 1.54) is 5.56 Å². The van der Waals surface area contributed by atoms with Crippen molar-refractivity contribution in [3.63, 3.8) is 0 Å². The highest BCUT2D eigenvalue weighted by molar-refractivity contribution is 6.10. The molecule has 0 radical (unpaired) electrons. The fraction of sp³-hybridized carbons (Fsp3) is 0.235. The zero-order valence-corrected chi connectivity index (χ0v) is 11.2. The molecule has 0 amide bonds. The Hall–Kier alpha value is -1.89. The van der Waals surface area contributed by atoms with Crippen molar-refractivity contribution in [2.45, 2.75) is 27.2 Å². The molecule has 0 saturated heterocycles. The Balaban J connectivity index is 2.41. The molecule has 0 spiro atoms. The maximum absolute atomic E-state index is 12.5. The molecule has 18 heavy (non-hydrogen) atoms. The van der Waals surface area contributed by atoms with Gasteiger partial charge >= 0.3 is 0 Å². The molecule has 92 valence electrons. The summed E-state index contributed by atoms with van der Waals surface area (Å²) in [7, 11) is 0. The Morgan fingerprint density at radius 1 is 0.944 bits per heavy atom. The van der Waals surface area contributed by atoms with Crippen molar-refractivity contribution in [3.05, 3.63) is 70.3 Å². The Morgan fingerprint density at radius 2 is 1.50 bits per heavy atom. The van der Waals surface area contributed by atoms with Crippen molar-refractivity contribution in [3.8, 4) is 0 Å². The number of carbonyl (C=O) groups is 1. The van der Waals surface area contributed by atoms with Gasteiger partial charge in [0.05, 0.1) is 0 Å². The van der Waals surface area contributed by atoms with Gasteiger partial charge in [-0.3, -0.25) is 4.79 Å². The molecule has 0 fully saturated rings. The quantitative estimate of drug-likeness (QED) is 0.736. The van der Waals surface area contributed by atoms with Crippen molar-refractivity contribution in [2.75, 3.05) is 0 Å². The molecular weight excluding hydrogens is 220 g/mol. The largest absolute Gasteiger partial charge is 0.289 e. The van der Waals surface area contributed by atoms with E-state index in [9.17, 15) is 4.79 Å². The molecule has 0 saturated carbocycles. The highest BCUT2D eigenvalue weighted by Gasteiger charge is 2.13. The monoisotopic (exact) mass is 238 g/mol. The number of aryl methyl sites for hydroxylation is 3. The van der Waals surface area contributed by atoms with Gasteiger partial charge in [-0.05, 0) is 37.0 Å². The summed E-state index contributed by atoms with van der Waals surface area (Å²) in [6, 6.07) is 13.9. The molecule has 0 N–H and O–H groups in total. The van der Waals surface area contributed by atoms with Crippen LogP contribution in [-0.4, -0.2) is 5.78 Å². The molecular formula is C17H18O. The van der Waals surface area contributed by atoms with Gasteiger partial charge in [-0.15, -0.1) is 0 Å². The zero-order valence-electron chi connectivity index (χ0n) is 11.2. The number of ketones is 1. The molecule has 2 rings (SSSR count). The van der Waals surface area contributed by atoms with E-state index in [4.69, 9.17) is 0 Å². The van der Waals surface area contributed by atoms with E-state index in [2.05, 4.69) is 6.92 Å². The lowest BCUT2D eigenvalue weighted by atomic mass is 9.94. The first-order valence-electron chi connectivity index (χ1n) is 6.33. The van der Waals surface area contributed by atoms with Gasteiger partial charge in [-0.25, -0.2) is 0 Å². The number of hydrogen-bond donors (Lipinski definition) is 0. The van der Waals surface area contributed by atoms with Crippen LogP contribution in [0.15, 0.2) is 42.5 Å². The van der Waals surface area contributed by atoms with Crippen molar-refractivity contribution in [1.82, 2.24) is 0 Å². The van der Waals surface area contributed by atoms with Crippen molar-refractivity contribution >= 4 is 5.78 Å². The summed E-state index contributed by atoms with van der Waals surface area (Å²) in [4.78, 5) is 12.5. The predicted molar refractivity (Wildman–Crippen MR) is 75.2 cm³/mol. The second kappa shape index (κ2) is 5.18.